The molecule has 0 aromatic carbocycles. The molecule has 1 unspecified atom stereocenters. The van der Waals surface area contributed by atoms with Gasteiger partial charge in [0.15, 0.2) is 0 Å². The molecule has 2 rings (SSSR count). The van der Waals surface area contributed by atoms with E-state index in [1.54, 1.807) is 11.8 Å². The van der Waals surface area contributed by atoms with E-state index in [1.807, 2.05) is 13.8 Å². The van der Waals surface area contributed by atoms with Crippen LogP contribution in [0.2, 0.25) is 0 Å². The van der Waals surface area contributed by atoms with Crippen molar-refractivity contribution in [3.63, 3.8) is 0 Å². The van der Waals surface area contributed by atoms with Gasteiger partial charge in [-0.2, -0.15) is 0 Å². The second kappa shape index (κ2) is 5.53. The molecule has 0 bridgehead atoms. The normalized spacial score (nSPS) is 21.5. The van der Waals surface area contributed by atoms with Gasteiger partial charge in [-0.05, 0) is 20.8 Å². The number of nitrogens with two attached hydrogens (primary N) is 1. The largest absolute Gasteiger partial charge is 0.394 e. The van der Waals surface area contributed by atoms with Gasteiger partial charge in [-0.15, -0.1) is 0 Å². The maximum Gasteiger partial charge on any atom is 0.330 e. The summed E-state index contributed by atoms with van der Waals surface area (Å²) in [6.07, 6.45) is -0.408. The Hall–Kier alpha value is -1.80. The highest BCUT2D eigenvalue weighted by atomic mass is 16.5. The third-order valence-corrected chi connectivity index (χ3v) is 3.53. The van der Waals surface area contributed by atoms with E-state index in [9.17, 15) is 14.7 Å². The molecule has 8 heteroatoms. The molecule has 1 atom stereocenters. The van der Waals surface area contributed by atoms with Gasteiger partial charge in [0.25, 0.3) is 5.56 Å². The zero-order valence-electron chi connectivity index (χ0n) is 12.5. The predicted molar refractivity (Wildman–Crippen MR) is 79.7 cm³/mol. The Morgan fingerprint density at radius 3 is 2.71 bits per heavy atom. The average Bonchev–Trinajstić information content (AvgIpc) is 2.36. The summed E-state index contributed by atoms with van der Waals surface area (Å²) in [6, 6.07) is 0. The van der Waals surface area contributed by atoms with E-state index in [0.29, 0.717) is 19.6 Å². The van der Waals surface area contributed by atoms with E-state index in [2.05, 4.69) is 4.98 Å². The number of H-pyrrole nitrogens is 1. The minimum Gasteiger partial charge on any atom is -0.394 e. The fraction of sp³-hybridized carbons (Fsp3) is 0.692. The van der Waals surface area contributed by atoms with Crippen LogP contribution in [0.5, 0.6) is 0 Å². The third-order valence-electron chi connectivity index (χ3n) is 3.53. The molecule has 1 fully saturated rings. The van der Waals surface area contributed by atoms with Gasteiger partial charge in [-0.1, -0.05) is 0 Å². The van der Waals surface area contributed by atoms with Crippen LogP contribution in [0.15, 0.2) is 9.59 Å². The number of aromatic nitrogens is 2. The second-order valence-electron chi connectivity index (χ2n) is 5.80. The van der Waals surface area contributed by atoms with Crippen molar-refractivity contribution in [2.24, 2.45) is 0 Å². The Morgan fingerprint density at radius 2 is 2.14 bits per heavy atom. The van der Waals surface area contributed by atoms with Crippen LogP contribution in [0.4, 0.5) is 11.5 Å². The van der Waals surface area contributed by atoms with Crippen molar-refractivity contribution in [1.29, 1.82) is 0 Å². The first-order valence-electron chi connectivity index (χ1n) is 6.95. The van der Waals surface area contributed by atoms with Crippen LogP contribution in [-0.4, -0.2) is 46.1 Å². The molecule has 1 aliphatic heterocycles. The number of nitrogens with one attached hydrogen (secondary N) is 1. The first-order valence-corrected chi connectivity index (χ1v) is 6.95. The van der Waals surface area contributed by atoms with Crippen molar-refractivity contribution >= 4 is 11.5 Å². The second-order valence-corrected chi connectivity index (χ2v) is 5.80. The molecule has 1 aromatic heterocycles. The monoisotopic (exact) mass is 298 g/mol. The van der Waals surface area contributed by atoms with Crippen LogP contribution >= 0.6 is 0 Å². The van der Waals surface area contributed by atoms with Gasteiger partial charge in [0.2, 0.25) is 0 Å². The van der Waals surface area contributed by atoms with Crippen LogP contribution in [-0.2, 0) is 11.3 Å². The van der Waals surface area contributed by atoms with Gasteiger partial charge in [0.1, 0.15) is 11.5 Å². The van der Waals surface area contributed by atoms with E-state index < -0.39 is 23.0 Å². The molecule has 4 N–H and O–H groups in total. The number of aliphatic hydroxyl groups is 1. The minimum atomic E-state index is -0.530. The van der Waals surface area contributed by atoms with E-state index in [4.69, 9.17) is 10.5 Å². The molecular weight excluding hydrogens is 276 g/mol. The summed E-state index contributed by atoms with van der Waals surface area (Å²) in [5.41, 5.74) is 4.69. The molecule has 8 nitrogen and oxygen atoms in total. The molecule has 21 heavy (non-hydrogen) atoms. The minimum absolute atomic E-state index is 0.139. The summed E-state index contributed by atoms with van der Waals surface area (Å²) < 4.78 is 7.03. The lowest BCUT2D eigenvalue weighted by molar-refractivity contribution is -0.101. The lowest BCUT2D eigenvalue weighted by atomic mass is 10.0. The lowest BCUT2D eigenvalue weighted by Gasteiger charge is -2.43. The molecular formula is C13H22N4O4. The maximum absolute atomic E-state index is 12.1. The summed E-state index contributed by atoms with van der Waals surface area (Å²) in [6.45, 7) is 6.54. The van der Waals surface area contributed by atoms with Crippen molar-refractivity contribution in [2.45, 2.75) is 39.0 Å². The molecule has 1 aliphatic rings. The van der Waals surface area contributed by atoms with Gasteiger partial charge in [0, 0.05) is 19.6 Å². The highest BCUT2D eigenvalue weighted by molar-refractivity contribution is 5.63. The summed E-state index contributed by atoms with van der Waals surface area (Å²) in [5.74, 6) is 0.139. The first-order chi connectivity index (χ1) is 9.79. The lowest BCUT2D eigenvalue weighted by Crippen LogP contribution is -2.55. The van der Waals surface area contributed by atoms with Crippen molar-refractivity contribution in [3.05, 3.63) is 20.8 Å². The standard InChI is InChI=1S/C13H22N4O4/c1-4-17-10(14)9(11(19)15-12(17)20)16-5-8(6-18)21-13(2,3)7-16/h8,18H,4-7,14H2,1-3H3,(H,15,19,20). The van der Waals surface area contributed by atoms with Gasteiger partial charge < -0.3 is 20.5 Å². The summed E-state index contributed by atoms with van der Waals surface area (Å²) in [7, 11) is 0. The molecule has 0 aliphatic carbocycles. The number of anilines is 2. The molecule has 0 radical (unpaired) electrons. The fourth-order valence-corrected chi connectivity index (χ4v) is 2.76. The molecule has 2 heterocycles. The van der Waals surface area contributed by atoms with Crippen LogP contribution in [0, 0.1) is 0 Å². The number of nitrogen functional groups attached to an aromatic ring is 1. The Morgan fingerprint density at radius 1 is 1.48 bits per heavy atom. The van der Waals surface area contributed by atoms with E-state index >= 15 is 0 Å². The van der Waals surface area contributed by atoms with Crippen LogP contribution < -0.4 is 21.9 Å². The summed E-state index contributed by atoms with van der Waals surface area (Å²) in [5, 5.41) is 9.35. The van der Waals surface area contributed by atoms with Crippen molar-refractivity contribution < 1.29 is 9.84 Å². The summed E-state index contributed by atoms with van der Waals surface area (Å²) >= 11 is 0. The molecule has 1 aromatic rings. The number of aromatic amines is 1. The topological polar surface area (TPSA) is 114 Å². The Labute approximate surface area is 122 Å². The molecule has 1 saturated heterocycles. The third kappa shape index (κ3) is 2.96. The number of nitrogens with zero attached hydrogens (tertiary/aromatic N) is 2. The predicted octanol–water partition coefficient (Wildman–Crippen LogP) is -0.885. The van der Waals surface area contributed by atoms with E-state index in [0.717, 1.165) is 0 Å². The average molecular weight is 298 g/mol. The maximum atomic E-state index is 12.1. The number of rotatable bonds is 3. The molecule has 0 saturated carbocycles. The Kier molecular flexibility index (Phi) is 4.11. The number of ether oxygens (including phenoxy) is 1. The molecule has 118 valence electrons. The first kappa shape index (κ1) is 15.6. The number of hydrogen-bond donors (Lipinski definition) is 3. The van der Waals surface area contributed by atoms with Gasteiger partial charge >= 0.3 is 5.69 Å². The highest BCUT2D eigenvalue weighted by Gasteiger charge is 2.35. The zero-order valence-corrected chi connectivity index (χ0v) is 12.5. The van der Waals surface area contributed by atoms with Crippen molar-refractivity contribution in [3.8, 4) is 0 Å². The molecule has 0 amide bonds. The molecule has 0 spiro atoms. The van der Waals surface area contributed by atoms with Gasteiger partial charge in [-0.3, -0.25) is 14.3 Å². The number of aliphatic hydroxyl groups excluding tert-OH is 1. The van der Waals surface area contributed by atoms with Crippen LogP contribution in [0.25, 0.3) is 0 Å². The Bertz CT molecular complexity index is 634. The van der Waals surface area contributed by atoms with Gasteiger partial charge in [-0.25, -0.2) is 4.79 Å². The van der Waals surface area contributed by atoms with Crippen LogP contribution in [0.3, 0.4) is 0 Å². The number of morpholine rings is 1. The van der Waals surface area contributed by atoms with Gasteiger partial charge in [0.05, 0.1) is 18.3 Å². The SMILES string of the molecule is CCn1c(N)c(N2CC(CO)OC(C)(C)C2)c(=O)[nH]c1=O. The smallest absolute Gasteiger partial charge is 0.330 e. The van der Waals surface area contributed by atoms with Crippen molar-refractivity contribution in [1.82, 2.24) is 9.55 Å². The van der Waals surface area contributed by atoms with Crippen LogP contribution in [0.1, 0.15) is 20.8 Å². The van der Waals surface area contributed by atoms with E-state index in [1.165, 1.54) is 4.57 Å². The Balaban J connectivity index is 2.51. The quantitative estimate of drug-likeness (QED) is 0.667. The van der Waals surface area contributed by atoms with E-state index in [-0.39, 0.29) is 18.1 Å². The number of hydrogen-bond acceptors (Lipinski definition) is 6. The zero-order chi connectivity index (χ0) is 15.8. The highest BCUT2D eigenvalue weighted by Crippen LogP contribution is 2.26. The fourth-order valence-electron chi connectivity index (χ4n) is 2.76. The van der Waals surface area contributed by atoms with Crippen molar-refractivity contribution in [2.75, 3.05) is 30.3 Å². The summed E-state index contributed by atoms with van der Waals surface area (Å²) in [4.78, 5) is 27.9.